The summed E-state index contributed by atoms with van der Waals surface area (Å²) in [5.74, 6) is 0. The topological polar surface area (TPSA) is 8.17 Å². The fraction of sp³-hybridized carbons (Fsp3) is 0.556. The highest BCUT2D eigenvalue weighted by atomic mass is 15.1. The molecule has 1 heterocycles. The molecule has 0 aliphatic heterocycles. The Kier molecular flexibility index (Phi) is 4.11. The molecule has 0 N–H and O–H groups in total. The van der Waals surface area contributed by atoms with Gasteiger partial charge in [-0.15, -0.1) is 0 Å². The van der Waals surface area contributed by atoms with Gasteiger partial charge in [-0.1, -0.05) is 24.6 Å². The second-order valence-corrected chi connectivity index (χ2v) is 6.31. The minimum Gasteiger partial charge on any atom is -0.344 e. The van der Waals surface area contributed by atoms with Crippen LogP contribution in [0.1, 0.15) is 36.9 Å². The predicted octanol–water partition coefficient (Wildman–Crippen LogP) is 3.86. The van der Waals surface area contributed by atoms with Gasteiger partial charge in [0.2, 0.25) is 0 Å². The van der Waals surface area contributed by atoms with Crippen molar-refractivity contribution in [3.8, 4) is 0 Å². The molecular weight excluding hydrogens is 244 g/mol. The maximum Gasteiger partial charge on any atom is 0.0485 e. The van der Waals surface area contributed by atoms with Crippen LogP contribution in [0.5, 0.6) is 0 Å². The molecular formula is C18H26N2. The number of hydrogen-bond acceptors (Lipinski definition) is 1. The molecule has 1 aromatic carbocycles. The van der Waals surface area contributed by atoms with Gasteiger partial charge in [0, 0.05) is 23.1 Å². The molecule has 0 saturated heterocycles. The lowest BCUT2D eigenvalue weighted by atomic mass is 10.1. The summed E-state index contributed by atoms with van der Waals surface area (Å²) < 4.78 is 2.61. The predicted molar refractivity (Wildman–Crippen MR) is 86.4 cm³/mol. The van der Waals surface area contributed by atoms with Crippen molar-refractivity contribution in [2.75, 3.05) is 20.6 Å². The second kappa shape index (κ2) is 6.01. The van der Waals surface area contributed by atoms with Gasteiger partial charge >= 0.3 is 0 Å². The molecule has 0 saturated carbocycles. The van der Waals surface area contributed by atoms with Crippen LogP contribution in [0.25, 0.3) is 10.9 Å². The summed E-state index contributed by atoms with van der Waals surface area (Å²) in [4.78, 5) is 2.28. The molecule has 2 heteroatoms. The zero-order valence-corrected chi connectivity index (χ0v) is 12.9. The second-order valence-electron chi connectivity index (χ2n) is 6.31. The fourth-order valence-corrected chi connectivity index (χ4v) is 3.56. The monoisotopic (exact) mass is 270 g/mol. The molecule has 1 aliphatic rings. The Morgan fingerprint density at radius 1 is 1.05 bits per heavy atom. The van der Waals surface area contributed by atoms with E-state index in [-0.39, 0.29) is 0 Å². The van der Waals surface area contributed by atoms with Crippen molar-refractivity contribution < 1.29 is 0 Å². The number of benzene rings is 1. The van der Waals surface area contributed by atoms with E-state index in [1.165, 1.54) is 56.0 Å². The van der Waals surface area contributed by atoms with Gasteiger partial charge in [0.05, 0.1) is 0 Å². The molecule has 2 nitrogen and oxygen atoms in total. The number of nitrogens with zero attached hydrogens (tertiary/aromatic N) is 2. The first-order valence-corrected chi connectivity index (χ1v) is 8.01. The molecule has 0 unspecified atom stereocenters. The SMILES string of the molecule is CN(C)CCCn1c2c(c3ccccc31)CCCCC2. The van der Waals surface area contributed by atoms with E-state index in [1.54, 1.807) is 11.3 Å². The van der Waals surface area contributed by atoms with Crippen LogP contribution in [0.15, 0.2) is 24.3 Å². The lowest BCUT2D eigenvalue weighted by molar-refractivity contribution is 0.386. The van der Waals surface area contributed by atoms with Crippen molar-refractivity contribution >= 4 is 10.9 Å². The summed E-state index contributed by atoms with van der Waals surface area (Å²) >= 11 is 0. The van der Waals surface area contributed by atoms with Gasteiger partial charge in [0.15, 0.2) is 0 Å². The third-order valence-electron chi connectivity index (χ3n) is 4.52. The zero-order valence-electron chi connectivity index (χ0n) is 12.9. The highest BCUT2D eigenvalue weighted by Gasteiger charge is 2.18. The molecule has 0 amide bonds. The van der Waals surface area contributed by atoms with Gasteiger partial charge < -0.3 is 9.47 Å². The number of aromatic nitrogens is 1. The van der Waals surface area contributed by atoms with Crippen molar-refractivity contribution in [2.24, 2.45) is 0 Å². The zero-order chi connectivity index (χ0) is 13.9. The van der Waals surface area contributed by atoms with Crippen molar-refractivity contribution in [2.45, 2.75) is 45.1 Å². The number of aryl methyl sites for hydroxylation is 2. The van der Waals surface area contributed by atoms with Crippen LogP contribution in [-0.2, 0) is 19.4 Å². The Bertz CT molecular complexity index is 580. The van der Waals surface area contributed by atoms with E-state index in [2.05, 4.69) is 47.8 Å². The van der Waals surface area contributed by atoms with E-state index >= 15 is 0 Å². The number of para-hydroxylation sites is 1. The molecule has 0 fully saturated rings. The van der Waals surface area contributed by atoms with Crippen LogP contribution >= 0.6 is 0 Å². The number of hydrogen-bond donors (Lipinski definition) is 0. The summed E-state index contributed by atoms with van der Waals surface area (Å²) in [6.45, 7) is 2.33. The summed E-state index contributed by atoms with van der Waals surface area (Å²) in [7, 11) is 4.32. The number of rotatable bonds is 4. The van der Waals surface area contributed by atoms with Crippen molar-refractivity contribution in [1.29, 1.82) is 0 Å². The lowest BCUT2D eigenvalue weighted by Crippen LogP contribution is -2.15. The summed E-state index contributed by atoms with van der Waals surface area (Å²) in [6.07, 6.45) is 7.89. The van der Waals surface area contributed by atoms with Crippen LogP contribution in [0.3, 0.4) is 0 Å². The smallest absolute Gasteiger partial charge is 0.0485 e. The van der Waals surface area contributed by atoms with Crippen LogP contribution < -0.4 is 0 Å². The molecule has 108 valence electrons. The van der Waals surface area contributed by atoms with Crippen LogP contribution in [0.2, 0.25) is 0 Å². The molecule has 0 radical (unpaired) electrons. The number of fused-ring (bicyclic) bond motifs is 3. The average molecular weight is 270 g/mol. The maximum absolute atomic E-state index is 2.61. The Balaban J connectivity index is 1.98. The Hall–Kier alpha value is -1.28. The van der Waals surface area contributed by atoms with E-state index in [1.807, 2.05) is 0 Å². The third kappa shape index (κ3) is 2.62. The van der Waals surface area contributed by atoms with Gasteiger partial charge in [-0.3, -0.25) is 0 Å². The quantitative estimate of drug-likeness (QED) is 0.766. The molecule has 2 aromatic rings. The van der Waals surface area contributed by atoms with Gasteiger partial charge in [-0.2, -0.15) is 0 Å². The summed E-state index contributed by atoms with van der Waals surface area (Å²) in [6, 6.07) is 9.00. The fourth-order valence-electron chi connectivity index (χ4n) is 3.56. The van der Waals surface area contributed by atoms with Gasteiger partial charge in [0.25, 0.3) is 0 Å². The standard InChI is InChI=1S/C18H26N2/c1-19(2)13-8-14-20-17-11-5-3-4-9-15(17)16-10-6-7-12-18(16)20/h6-7,10,12H,3-5,8-9,11,13-14H2,1-2H3. The maximum atomic E-state index is 2.61. The minimum atomic E-state index is 1.16. The minimum absolute atomic E-state index is 1.16. The average Bonchev–Trinajstić information content (AvgIpc) is 2.61. The Labute approximate surface area is 122 Å². The molecule has 3 rings (SSSR count). The van der Waals surface area contributed by atoms with E-state index in [4.69, 9.17) is 0 Å². The molecule has 1 aliphatic carbocycles. The van der Waals surface area contributed by atoms with Gasteiger partial charge in [-0.05, 0) is 64.4 Å². The lowest BCUT2D eigenvalue weighted by Gasteiger charge is -2.13. The molecule has 0 atom stereocenters. The van der Waals surface area contributed by atoms with E-state index in [9.17, 15) is 0 Å². The van der Waals surface area contributed by atoms with E-state index < -0.39 is 0 Å². The first kappa shape index (κ1) is 13.7. The van der Waals surface area contributed by atoms with Crippen molar-refractivity contribution in [3.05, 3.63) is 35.5 Å². The van der Waals surface area contributed by atoms with Crippen molar-refractivity contribution in [1.82, 2.24) is 9.47 Å². The molecule has 0 bridgehead atoms. The third-order valence-corrected chi connectivity index (χ3v) is 4.52. The van der Waals surface area contributed by atoms with Crippen molar-refractivity contribution in [3.63, 3.8) is 0 Å². The van der Waals surface area contributed by atoms with E-state index in [0.717, 1.165) is 6.54 Å². The van der Waals surface area contributed by atoms with Gasteiger partial charge in [-0.25, -0.2) is 0 Å². The molecule has 1 aromatic heterocycles. The molecule has 20 heavy (non-hydrogen) atoms. The Morgan fingerprint density at radius 2 is 1.85 bits per heavy atom. The first-order chi connectivity index (χ1) is 9.77. The van der Waals surface area contributed by atoms with E-state index in [0.29, 0.717) is 0 Å². The first-order valence-electron chi connectivity index (χ1n) is 8.01. The van der Waals surface area contributed by atoms with Crippen LogP contribution in [0.4, 0.5) is 0 Å². The summed E-state index contributed by atoms with van der Waals surface area (Å²) in [5.41, 5.74) is 4.73. The normalized spacial score (nSPS) is 15.6. The Morgan fingerprint density at radius 3 is 2.70 bits per heavy atom. The highest BCUT2D eigenvalue weighted by Crippen LogP contribution is 2.31. The molecule has 0 spiro atoms. The van der Waals surface area contributed by atoms with Crippen LogP contribution in [0, 0.1) is 0 Å². The largest absolute Gasteiger partial charge is 0.344 e. The van der Waals surface area contributed by atoms with Crippen LogP contribution in [-0.4, -0.2) is 30.1 Å². The van der Waals surface area contributed by atoms with Gasteiger partial charge in [0.1, 0.15) is 0 Å². The highest BCUT2D eigenvalue weighted by molar-refractivity contribution is 5.85. The summed E-state index contributed by atoms with van der Waals surface area (Å²) in [5, 5.41) is 1.51.